The molecular weight excluding hydrogens is 514 g/mol. The van der Waals surface area contributed by atoms with Crippen LogP contribution < -0.4 is 9.46 Å². The summed E-state index contributed by atoms with van der Waals surface area (Å²) in [6.45, 7) is 3.87. The number of carbonyl (C=O) groups excluding carboxylic acids is 2. The Labute approximate surface area is 199 Å². The number of aryl methyl sites for hydroxylation is 1. The van der Waals surface area contributed by atoms with Crippen molar-refractivity contribution in [3.63, 3.8) is 0 Å². The molecule has 0 spiro atoms. The third kappa shape index (κ3) is 5.42. The zero-order valence-electron chi connectivity index (χ0n) is 18.4. The number of nitrogens with zero attached hydrogens (tertiary/aromatic N) is 2. The van der Waals surface area contributed by atoms with Crippen molar-refractivity contribution in [2.45, 2.75) is 32.3 Å². The fourth-order valence-corrected chi connectivity index (χ4v) is 4.86. The number of esters is 1. The van der Waals surface area contributed by atoms with E-state index in [0.29, 0.717) is 11.4 Å². The topological polar surface area (TPSA) is 117 Å². The first-order chi connectivity index (χ1) is 15.5. The van der Waals surface area contributed by atoms with Crippen LogP contribution in [0.5, 0.6) is 5.75 Å². The number of halogens is 1. The minimum atomic E-state index is -4.15. The van der Waals surface area contributed by atoms with E-state index in [0.717, 1.165) is 28.3 Å². The summed E-state index contributed by atoms with van der Waals surface area (Å²) < 4.78 is 39.9. The number of sulfonamides is 1. The minimum Gasteiger partial charge on any atom is -0.497 e. The second kappa shape index (κ2) is 9.75. The molecule has 11 heteroatoms. The molecule has 0 aliphatic rings. The summed E-state index contributed by atoms with van der Waals surface area (Å²) in [5.74, 6) is -0.598. The van der Waals surface area contributed by atoms with Crippen molar-refractivity contribution in [3.8, 4) is 22.7 Å². The lowest BCUT2D eigenvalue weighted by atomic mass is 10.1. The van der Waals surface area contributed by atoms with E-state index in [4.69, 9.17) is 9.47 Å². The van der Waals surface area contributed by atoms with Gasteiger partial charge in [-0.25, -0.2) is 17.8 Å². The summed E-state index contributed by atoms with van der Waals surface area (Å²) >= 11 is 3.59. The Morgan fingerprint density at radius 2 is 1.79 bits per heavy atom. The van der Waals surface area contributed by atoms with E-state index in [1.54, 1.807) is 23.9 Å². The molecule has 0 atom stereocenters. The van der Waals surface area contributed by atoms with E-state index in [2.05, 4.69) is 21.0 Å². The van der Waals surface area contributed by atoms with Crippen molar-refractivity contribution in [2.24, 2.45) is 0 Å². The molecule has 0 aliphatic heterocycles. The third-order valence-electron chi connectivity index (χ3n) is 4.64. The number of hydrogen-bond acceptors (Lipinski definition) is 7. The second-order valence-corrected chi connectivity index (χ2v) is 9.57. The fraction of sp³-hybridized carbons (Fsp3) is 0.227. The van der Waals surface area contributed by atoms with Gasteiger partial charge in [-0.15, -0.1) is 0 Å². The number of hydrogen-bond donors (Lipinski definition) is 1. The first-order valence-electron chi connectivity index (χ1n) is 9.73. The van der Waals surface area contributed by atoms with Crippen LogP contribution in [-0.2, 0) is 31.0 Å². The summed E-state index contributed by atoms with van der Waals surface area (Å²) in [4.78, 5) is 22.6. The van der Waals surface area contributed by atoms with E-state index in [9.17, 15) is 18.0 Å². The van der Waals surface area contributed by atoms with Crippen molar-refractivity contribution in [2.75, 3.05) is 7.11 Å². The van der Waals surface area contributed by atoms with Gasteiger partial charge in [0.1, 0.15) is 12.4 Å². The summed E-state index contributed by atoms with van der Waals surface area (Å²) in [5, 5.41) is 4.59. The van der Waals surface area contributed by atoms with Crippen LogP contribution in [0.25, 0.3) is 16.9 Å². The Morgan fingerprint density at radius 1 is 1.12 bits per heavy atom. The van der Waals surface area contributed by atoms with Crippen LogP contribution in [-0.4, -0.2) is 37.2 Å². The van der Waals surface area contributed by atoms with Crippen LogP contribution in [0.3, 0.4) is 0 Å². The van der Waals surface area contributed by atoms with Crippen molar-refractivity contribution in [3.05, 3.63) is 58.2 Å². The van der Waals surface area contributed by atoms with Gasteiger partial charge in [0.25, 0.3) is 10.0 Å². The molecule has 1 N–H and O–H groups in total. The number of carbonyl (C=O) groups is 2. The van der Waals surface area contributed by atoms with Gasteiger partial charge in [-0.1, -0.05) is 0 Å². The van der Waals surface area contributed by atoms with Gasteiger partial charge in [0.05, 0.1) is 33.6 Å². The van der Waals surface area contributed by atoms with Gasteiger partial charge >= 0.3 is 5.97 Å². The molecule has 1 heterocycles. The predicted octanol–water partition coefficient (Wildman–Crippen LogP) is 3.51. The molecule has 0 aliphatic carbocycles. The van der Waals surface area contributed by atoms with Crippen molar-refractivity contribution < 1.29 is 27.5 Å². The van der Waals surface area contributed by atoms with Crippen LogP contribution in [0.2, 0.25) is 0 Å². The van der Waals surface area contributed by atoms with Crippen molar-refractivity contribution in [1.82, 2.24) is 14.5 Å². The summed E-state index contributed by atoms with van der Waals surface area (Å²) in [6.07, 6.45) is 0. The lowest BCUT2D eigenvalue weighted by Gasteiger charge is -2.14. The summed E-state index contributed by atoms with van der Waals surface area (Å²) in [7, 11) is -2.57. The molecule has 3 aromatic rings. The average molecular weight is 536 g/mol. The highest BCUT2D eigenvalue weighted by Crippen LogP contribution is 2.34. The standard InChI is InChI=1S/C22H22BrN3O6S/c1-13-21(23)22(16-5-8-19(31-4)9-6-16)26(24-13)18-7-10-20(33(29,30)25-14(2)27)17(11-18)12-32-15(3)28/h5-11H,12H2,1-4H3,(H,25,27). The normalized spacial score (nSPS) is 11.2. The van der Waals surface area contributed by atoms with E-state index in [1.165, 1.54) is 13.0 Å². The Morgan fingerprint density at radius 3 is 2.36 bits per heavy atom. The molecule has 0 fully saturated rings. The van der Waals surface area contributed by atoms with Crippen molar-refractivity contribution >= 4 is 37.8 Å². The molecule has 0 saturated heterocycles. The van der Waals surface area contributed by atoms with E-state index in [1.807, 2.05) is 35.9 Å². The molecule has 1 aromatic heterocycles. The van der Waals surface area contributed by atoms with Gasteiger partial charge < -0.3 is 9.47 Å². The molecule has 2 aromatic carbocycles. The first-order valence-corrected chi connectivity index (χ1v) is 12.0. The molecule has 9 nitrogen and oxygen atoms in total. The van der Waals surface area contributed by atoms with Crippen LogP contribution in [0.15, 0.2) is 51.8 Å². The fourth-order valence-electron chi connectivity index (χ4n) is 3.19. The maximum Gasteiger partial charge on any atom is 0.302 e. The van der Waals surface area contributed by atoms with Crippen LogP contribution >= 0.6 is 15.9 Å². The molecule has 0 radical (unpaired) electrons. The highest BCUT2D eigenvalue weighted by Gasteiger charge is 2.23. The predicted molar refractivity (Wildman–Crippen MR) is 124 cm³/mol. The smallest absolute Gasteiger partial charge is 0.302 e. The molecule has 33 heavy (non-hydrogen) atoms. The lowest BCUT2D eigenvalue weighted by Crippen LogP contribution is -2.29. The van der Waals surface area contributed by atoms with Crippen LogP contribution in [0, 0.1) is 6.92 Å². The van der Waals surface area contributed by atoms with Gasteiger partial charge in [-0.3, -0.25) is 9.59 Å². The SMILES string of the molecule is COc1ccc(-c2c(Br)c(C)nn2-c2ccc(S(=O)(=O)NC(C)=O)c(COC(C)=O)c2)cc1. The maximum atomic E-state index is 12.6. The largest absolute Gasteiger partial charge is 0.497 e. The Hall–Kier alpha value is -3.18. The third-order valence-corrected chi connectivity index (χ3v) is 7.12. The molecule has 174 valence electrons. The number of ether oxygens (including phenoxy) is 2. The minimum absolute atomic E-state index is 0.170. The highest BCUT2D eigenvalue weighted by atomic mass is 79.9. The van der Waals surface area contributed by atoms with Gasteiger partial charge in [0.2, 0.25) is 5.91 Å². The number of benzene rings is 2. The monoisotopic (exact) mass is 535 g/mol. The molecular formula is C22H22BrN3O6S. The Balaban J connectivity index is 2.17. The number of aromatic nitrogens is 2. The molecule has 3 rings (SSSR count). The van der Waals surface area contributed by atoms with E-state index in [-0.39, 0.29) is 17.1 Å². The molecule has 0 saturated carbocycles. The van der Waals surface area contributed by atoms with E-state index >= 15 is 0 Å². The quantitative estimate of drug-likeness (QED) is 0.460. The summed E-state index contributed by atoms with van der Waals surface area (Å²) in [5.41, 5.74) is 3.04. The van der Waals surface area contributed by atoms with Crippen LogP contribution in [0.4, 0.5) is 0 Å². The zero-order valence-corrected chi connectivity index (χ0v) is 20.8. The molecule has 1 amide bonds. The summed E-state index contributed by atoms with van der Waals surface area (Å²) in [6, 6.07) is 11.9. The number of amides is 1. The second-order valence-electron chi connectivity index (χ2n) is 7.12. The average Bonchev–Trinajstić information content (AvgIpc) is 3.05. The lowest BCUT2D eigenvalue weighted by molar-refractivity contribution is -0.142. The first kappa shape index (κ1) is 24.5. The molecule has 0 unspecified atom stereocenters. The van der Waals surface area contributed by atoms with E-state index < -0.39 is 21.9 Å². The van der Waals surface area contributed by atoms with Crippen molar-refractivity contribution in [1.29, 1.82) is 0 Å². The Kier molecular flexibility index (Phi) is 7.23. The van der Waals surface area contributed by atoms with Gasteiger partial charge in [-0.05, 0) is 65.3 Å². The maximum absolute atomic E-state index is 12.6. The van der Waals surface area contributed by atoms with Gasteiger partial charge in [-0.2, -0.15) is 5.10 Å². The molecule has 0 bridgehead atoms. The highest BCUT2D eigenvalue weighted by molar-refractivity contribution is 9.10. The number of nitrogens with one attached hydrogen (secondary N) is 1. The number of rotatable bonds is 7. The van der Waals surface area contributed by atoms with Gasteiger partial charge in [0.15, 0.2) is 0 Å². The van der Waals surface area contributed by atoms with Crippen LogP contribution in [0.1, 0.15) is 25.1 Å². The Bertz CT molecular complexity index is 1320. The number of methoxy groups -OCH3 is 1. The van der Waals surface area contributed by atoms with Gasteiger partial charge in [0, 0.05) is 25.0 Å². The zero-order chi connectivity index (χ0) is 24.3.